The van der Waals surface area contributed by atoms with E-state index >= 15 is 0 Å². The van der Waals surface area contributed by atoms with E-state index in [2.05, 4.69) is 5.32 Å². The summed E-state index contributed by atoms with van der Waals surface area (Å²) in [6, 6.07) is 5.24. The molecule has 1 aliphatic carbocycles. The van der Waals surface area contributed by atoms with Gasteiger partial charge in [0.2, 0.25) is 0 Å². The van der Waals surface area contributed by atoms with Crippen LogP contribution in [0.5, 0.6) is 5.75 Å². The summed E-state index contributed by atoms with van der Waals surface area (Å²) in [4.78, 5) is 11.6. The lowest BCUT2D eigenvalue weighted by molar-refractivity contribution is -0.124. The van der Waals surface area contributed by atoms with Crippen molar-refractivity contribution in [3.8, 4) is 5.75 Å². The van der Waals surface area contributed by atoms with Crippen molar-refractivity contribution in [3.63, 3.8) is 0 Å². The summed E-state index contributed by atoms with van der Waals surface area (Å²) in [6.45, 7) is 1.80. The number of hydrogen-bond acceptors (Lipinski definition) is 3. The first-order valence-electron chi connectivity index (χ1n) is 5.85. The van der Waals surface area contributed by atoms with Crippen LogP contribution in [0.3, 0.4) is 0 Å². The molecule has 0 bridgehead atoms. The van der Waals surface area contributed by atoms with Crippen LogP contribution in [0.4, 0.5) is 0 Å². The number of aliphatic hydroxyl groups is 1. The predicted octanol–water partition coefficient (Wildman–Crippen LogP) is 1.67. The van der Waals surface area contributed by atoms with E-state index in [1.54, 1.807) is 18.2 Å². The largest absolute Gasteiger partial charge is 0.484 e. The van der Waals surface area contributed by atoms with E-state index in [4.69, 9.17) is 21.4 Å². The van der Waals surface area contributed by atoms with Crippen molar-refractivity contribution >= 4 is 17.5 Å². The molecule has 0 unspecified atom stereocenters. The molecule has 98 valence electrons. The maximum absolute atomic E-state index is 11.6. The molecule has 1 amide bonds. The number of carbonyl (C=O) groups excluding carboxylic acids is 1. The first-order valence-corrected chi connectivity index (χ1v) is 6.23. The number of benzene rings is 1. The van der Waals surface area contributed by atoms with Crippen molar-refractivity contribution in [2.75, 3.05) is 13.2 Å². The van der Waals surface area contributed by atoms with Crippen LogP contribution in [0.2, 0.25) is 5.02 Å². The lowest BCUT2D eigenvalue weighted by atomic mass is 10.2. The Kier molecular flexibility index (Phi) is 3.78. The molecule has 18 heavy (non-hydrogen) atoms. The van der Waals surface area contributed by atoms with Gasteiger partial charge < -0.3 is 15.2 Å². The number of ether oxygens (including phenoxy) is 1. The lowest BCUT2D eigenvalue weighted by Crippen LogP contribution is -2.42. The van der Waals surface area contributed by atoms with Crippen molar-refractivity contribution in [3.05, 3.63) is 28.8 Å². The van der Waals surface area contributed by atoms with Gasteiger partial charge in [0.05, 0.1) is 12.1 Å². The van der Waals surface area contributed by atoms with Crippen molar-refractivity contribution in [1.29, 1.82) is 0 Å². The van der Waals surface area contributed by atoms with Gasteiger partial charge in [-0.3, -0.25) is 4.79 Å². The van der Waals surface area contributed by atoms with E-state index in [0.717, 1.165) is 18.4 Å². The molecular weight excluding hydrogens is 254 g/mol. The van der Waals surface area contributed by atoms with Gasteiger partial charge in [-0.2, -0.15) is 0 Å². The summed E-state index contributed by atoms with van der Waals surface area (Å²) in [5.74, 6) is 0.430. The number of rotatable bonds is 5. The number of aliphatic hydroxyl groups excluding tert-OH is 1. The topological polar surface area (TPSA) is 58.6 Å². The highest BCUT2D eigenvalue weighted by molar-refractivity contribution is 6.30. The van der Waals surface area contributed by atoms with Crippen LogP contribution in [0, 0.1) is 6.92 Å². The number of aryl methyl sites for hydroxylation is 1. The van der Waals surface area contributed by atoms with E-state index in [9.17, 15) is 4.79 Å². The molecule has 0 saturated heterocycles. The van der Waals surface area contributed by atoms with Gasteiger partial charge in [-0.1, -0.05) is 11.6 Å². The van der Waals surface area contributed by atoms with Gasteiger partial charge in [0.25, 0.3) is 5.91 Å². The van der Waals surface area contributed by atoms with Gasteiger partial charge in [-0.25, -0.2) is 0 Å². The molecule has 5 heteroatoms. The standard InChI is InChI=1S/C13H16ClNO3/c1-9-6-10(14)2-3-11(9)18-7-12(17)15-13(8-16)4-5-13/h2-3,6,16H,4-5,7-8H2,1H3,(H,15,17). The van der Waals surface area contributed by atoms with Crippen LogP contribution in [0.25, 0.3) is 0 Å². The maximum atomic E-state index is 11.6. The smallest absolute Gasteiger partial charge is 0.258 e. The van der Waals surface area contributed by atoms with Gasteiger partial charge in [-0.05, 0) is 43.5 Å². The van der Waals surface area contributed by atoms with Crippen molar-refractivity contribution in [2.24, 2.45) is 0 Å². The highest BCUT2D eigenvalue weighted by Gasteiger charge is 2.43. The maximum Gasteiger partial charge on any atom is 0.258 e. The lowest BCUT2D eigenvalue weighted by Gasteiger charge is -2.15. The second-order valence-corrected chi connectivity index (χ2v) is 5.12. The molecule has 1 aliphatic rings. The van der Waals surface area contributed by atoms with Gasteiger partial charge in [-0.15, -0.1) is 0 Å². The van der Waals surface area contributed by atoms with E-state index in [1.807, 2.05) is 6.92 Å². The fraction of sp³-hybridized carbons (Fsp3) is 0.462. The molecule has 2 N–H and O–H groups in total. The monoisotopic (exact) mass is 269 g/mol. The van der Waals surface area contributed by atoms with Crippen LogP contribution in [0.1, 0.15) is 18.4 Å². The second-order valence-electron chi connectivity index (χ2n) is 4.69. The van der Waals surface area contributed by atoms with Gasteiger partial charge in [0.15, 0.2) is 6.61 Å². The summed E-state index contributed by atoms with van der Waals surface area (Å²) >= 11 is 5.83. The fourth-order valence-corrected chi connectivity index (χ4v) is 1.95. The van der Waals surface area contributed by atoms with Gasteiger partial charge >= 0.3 is 0 Å². The van der Waals surface area contributed by atoms with Crippen LogP contribution >= 0.6 is 11.6 Å². The zero-order valence-corrected chi connectivity index (χ0v) is 11.0. The summed E-state index contributed by atoms with van der Waals surface area (Å²) in [5, 5.41) is 12.5. The minimum absolute atomic E-state index is 0.0152. The molecule has 1 aromatic rings. The molecule has 0 spiro atoms. The van der Waals surface area contributed by atoms with Crippen molar-refractivity contribution in [1.82, 2.24) is 5.32 Å². The Hall–Kier alpha value is -1.26. The summed E-state index contributed by atoms with van der Waals surface area (Å²) in [6.07, 6.45) is 1.66. The van der Waals surface area contributed by atoms with E-state index in [1.165, 1.54) is 0 Å². The van der Waals surface area contributed by atoms with Gasteiger partial charge in [0.1, 0.15) is 5.75 Å². The zero-order valence-electron chi connectivity index (χ0n) is 10.2. The molecule has 1 aromatic carbocycles. The third kappa shape index (κ3) is 3.15. The van der Waals surface area contributed by atoms with Crippen LogP contribution in [-0.4, -0.2) is 29.8 Å². The first kappa shape index (κ1) is 13.2. The minimum atomic E-state index is -0.393. The third-order valence-corrected chi connectivity index (χ3v) is 3.29. The highest BCUT2D eigenvalue weighted by atomic mass is 35.5. The Morgan fingerprint density at radius 3 is 2.83 bits per heavy atom. The summed E-state index contributed by atoms with van der Waals surface area (Å²) < 4.78 is 5.42. The Morgan fingerprint density at radius 2 is 2.28 bits per heavy atom. The Bertz CT molecular complexity index is 458. The minimum Gasteiger partial charge on any atom is -0.484 e. The van der Waals surface area contributed by atoms with Crippen LogP contribution < -0.4 is 10.1 Å². The number of hydrogen-bond donors (Lipinski definition) is 2. The highest BCUT2D eigenvalue weighted by Crippen LogP contribution is 2.34. The molecule has 1 saturated carbocycles. The van der Waals surface area contributed by atoms with E-state index < -0.39 is 5.54 Å². The first-order chi connectivity index (χ1) is 8.54. The average molecular weight is 270 g/mol. The molecule has 4 nitrogen and oxygen atoms in total. The van der Waals surface area contributed by atoms with Gasteiger partial charge in [0, 0.05) is 5.02 Å². The van der Waals surface area contributed by atoms with E-state index in [0.29, 0.717) is 10.8 Å². The van der Waals surface area contributed by atoms with E-state index in [-0.39, 0.29) is 19.1 Å². The van der Waals surface area contributed by atoms with Crippen molar-refractivity contribution < 1.29 is 14.6 Å². The molecule has 0 radical (unpaired) electrons. The second kappa shape index (κ2) is 5.16. The molecule has 0 aromatic heterocycles. The molecule has 0 heterocycles. The predicted molar refractivity (Wildman–Crippen MR) is 68.9 cm³/mol. The summed E-state index contributed by atoms with van der Waals surface area (Å²) in [7, 11) is 0. The molecule has 0 aliphatic heterocycles. The molecular formula is C13H16ClNO3. The number of carbonyl (C=O) groups is 1. The Balaban J connectivity index is 1.85. The Labute approximate surface area is 111 Å². The number of halogens is 1. The molecule has 1 fully saturated rings. The number of nitrogens with one attached hydrogen (secondary N) is 1. The average Bonchev–Trinajstić information content (AvgIpc) is 3.08. The zero-order chi connectivity index (χ0) is 13.2. The van der Waals surface area contributed by atoms with Crippen molar-refractivity contribution in [2.45, 2.75) is 25.3 Å². The normalized spacial score (nSPS) is 16.2. The molecule has 2 rings (SSSR count). The SMILES string of the molecule is Cc1cc(Cl)ccc1OCC(=O)NC1(CO)CC1. The van der Waals surface area contributed by atoms with Crippen LogP contribution in [0.15, 0.2) is 18.2 Å². The Morgan fingerprint density at radius 1 is 1.56 bits per heavy atom. The van der Waals surface area contributed by atoms with Crippen LogP contribution in [-0.2, 0) is 4.79 Å². The molecule has 0 atom stereocenters. The summed E-state index contributed by atoms with van der Waals surface area (Å²) in [5.41, 5.74) is 0.494. The fourth-order valence-electron chi connectivity index (χ4n) is 1.72. The third-order valence-electron chi connectivity index (χ3n) is 3.06. The number of amides is 1. The quantitative estimate of drug-likeness (QED) is 0.855.